The normalized spacial score (nSPS) is 10.8. The molecule has 0 amide bonds. The first-order valence-electron chi connectivity index (χ1n) is 5.80. The van der Waals surface area contributed by atoms with Gasteiger partial charge in [0.2, 0.25) is 0 Å². The maximum Gasteiger partial charge on any atom is 0.263 e. The minimum absolute atomic E-state index is 0.0216. The van der Waals surface area contributed by atoms with Crippen molar-refractivity contribution in [3.8, 4) is 0 Å². The molecule has 2 nitrogen and oxygen atoms in total. The van der Waals surface area contributed by atoms with Gasteiger partial charge in [0.15, 0.2) is 5.15 Å². The molecule has 1 aromatic heterocycles. The summed E-state index contributed by atoms with van der Waals surface area (Å²) in [4.78, 5) is 3.98. The van der Waals surface area contributed by atoms with Gasteiger partial charge in [-0.2, -0.15) is 0 Å². The van der Waals surface area contributed by atoms with Crippen LogP contribution in [0.15, 0.2) is 36.5 Å². The summed E-state index contributed by atoms with van der Waals surface area (Å²) < 4.78 is 25.2. The minimum Gasteiger partial charge on any atom is -0.378 e. The Kier molecular flexibility index (Phi) is 4.32. The number of halogens is 3. The van der Waals surface area contributed by atoms with Gasteiger partial charge in [0.1, 0.15) is 0 Å². The summed E-state index contributed by atoms with van der Waals surface area (Å²) in [6.07, 6.45) is -0.830. The Morgan fingerprint density at radius 1 is 1.32 bits per heavy atom. The SMILES string of the molecule is Cc1ccnc(Cl)c1NCc1cccc(C(F)F)c1. The van der Waals surface area contributed by atoms with Crippen LogP contribution in [-0.2, 0) is 6.54 Å². The molecule has 0 aliphatic heterocycles. The highest BCUT2D eigenvalue weighted by molar-refractivity contribution is 6.32. The van der Waals surface area contributed by atoms with E-state index >= 15 is 0 Å². The van der Waals surface area contributed by atoms with Crippen LogP contribution in [0.3, 0.4) is 0 Å². The largest absolute Gasteiger partial charge is 0.378 e. The van der Waals surface area contributed by atoms with E-state index in [-0.39, 0.29) is 5.56 Å². The Labute approximate surface area is 115 Å². The van der Waals surface area contributed by atoms with Gasteiger partial charge in [0.05, 0.1) is 5.69 Å². The molecule has 2 aromatic rings. The summed E-state index contributed by atoms with van der Waals surface area (Å²) >= 11 is 5.98. The predicted octanol–water partition coefficient (Wildman–Crippen LogP) is 4.59. The van der Waals surface area contributed by atoms with Gasteiger partial charge in [-0.1, -0.05) is 29.8 Å². The predicted molar refractivity (Wildman–Crippen MR) is 72.7 cm³/mol. The van der Waals surface area contributed by atoms with Gasteiger partial charge in [0.25, 0.3) is 6.43 Å². The number of rotatable bonds is 4. The number of nitrogens with one attached hydrogen (secondary N) is 1. The lowest BCUT2D eigenvalue weighted by Crippen LogP contribution is -2.03. The molecule has 1 aromatic carbocycles. The summed E-state index contributed by atoms with van der Waals surface area (Å²) in [5.41, 5.74) is 2.49. The molecule has 1 N–H and O–H groups in total. The standard InChI is InChI=1S/C14H13ClF2N2/c1-9-5-6-18-13(15)12(9)19-8-10-3-2-4-11(7-10)14(16)17/h2-7,14,19H,8H2,1H3. The summed E-state index contributed by atoms with van der Waals surface area (Å²) in [6, 6.07) is 8.15. The van der Waals surface area contributed by atoms with Gasteiger partial charge >= 0.3 is 0 Å². The molecule has 2 rings (SSSR count). The lowest BCUT2D eigenvalue weighted by atomic mass is 10.1. The van der Waals surface area contributed by atoms with E-state index in [1.54, 1.807) is 18.3 Å². The third-order valence-corrected chi connectivity index (χ3v) is 3.07. The van der Waals surface area contributed by atoms with Crippen molar-refractivity contribution in [3.05, 3.63) is 58.4 Å². The van der Waals surface area contributed by atoms with Crippen molar-refractivity contribution < 1.29 is 8.78 Å². The molecular weight excluding hydrogens is 270 g/mol. The van der Waals surface area contributed by atoms with Crippen molar-refractivity contribution in [1.29, 1.82) is 0 Å². The van der Waals surface area contributed by atoms with Crippen LogP contribution >= 0.6 is 11.6 Å². The summed E-state index contributed by atoms with van der Waals surface area (Å²) in [5, 5.41) is 3.50. The second-order valence-corrected chi connectivity index (χ2v) is 4.55. The van der Waals surface area contributed by atoms with Crippen molar-refractivity contribution >= 4 is 17.3 Å². The average Bonchev–Trinajstić information content (AvgIpc) is 2.38. The Hall–Kier alpha value is -1.68. The molecule has 0 atom stereocenters. The second-order valence-electron chi connectivity index (χ2n) is 4.19. The number of alkyl halides is 2. The van der Waals surface area contributed by atoms with Crippen LogP contribution in [0.25, 0.3) is 0 Å². The van der Waals surface area contributed by atoms with Gasteiger partial charge in [-0.3, -0.25) is 0 Å². The molecule has 0 radical (unpaired) electrons. The quantitative estimate of drug-likeness (QED) is 0.830. The molecule has 0 spiro atoms. The molecule has 0 aliphatic carbocycles. The third-order valence-electron chi connectivity index (χ3n) is 2.79. The molecule has 100 valence electrons. The molecule has 0 aliphatic rings. The van der Waals surface area contributed by atoms with E-state index in [9.17, 15) is 8.78 Å². The smallest absolute Gasteiger partial charge is 0.263 e. The Balaban J connectivity index is 2.12. The van der Waals surface area contributed by atoms with Crippen LogP contribution in [0.1, 0.15) is 23.1 Å². The highest BCUT2D eigenvalue weighted by atomic mass is 35.5. The van der Waals surface area contributed by atoms with Crippen LogP contribution in [0, 0.1) is 6.92 Å². The second kappa shape index (κ2) is 5.97. The van der Waals surface area contributed by atoms with Crippen molar-refractivity contribution in [3.63, 3.8) is 0 Å². The lowest BCUT2D eigenvalue weighted by Gasteiger charge is -2.11. The monoisotopic (exact) mass is 282 g/mol. The summed E-state index contributed by atoms with van der Waals surface area (Å²) in [5.74, 6) is 0. The van der Waals surface area contributed by atoms with E-state index in [1.165, 1.54) is 12.1 Å². The molecular formula is C14H13ClF2N2. The molecule has 19 heavy (non-hydrogen) atoms. The lowest BCUT2D eigenvalue weighted by molar-refractivity contribution is 0.151. The molecule has 0 saturated carbocycles. The number of nitrogens with zero attached hydrogens (tertiary/aromatic N) is 1. The first kappa shape index (κ1) is 13.7. The van der Waals surface area contributed by atoms with Gasteiger partial charge in [-0.05, 0) is 30.2 Å². The van der Waals surface area contributed by atoms with Crippen molar-refractivity contribution in [2.24, 2.45) is 0 Å². The Morgan fingerprint density at radius 2 is 2.11 bits per heavy atom. The third kappa shape index (κ3) is 3.41. The van der Waals surface area contributed by atoms with Crippen LogP contribution in [-0.4, -0.2) is 4.98 Å². The molecule has 0 saturated heterocycles. The fourth-order valence-corrected chi connectivity index (χ4v) is 2.04. The van der Waals surface area contributed by atoms with E-state index in [1.807, 2.05) is 13.0 Å². The van der Waals surface area contributed by atoms with Gasteiger partial charge in [0, 0.05) is 18.3 Å². The van der Waals surface area contributed by atoms with Crippen LogP contribution in [0.5, 0.6) is 0 Å². The van der Waals surface area contributed by atoms with Crippen molar-refractivity contribution in [2.75, 3.05) is 5.32 Å². The number of hydrogen-bond acceptors (Lipinski definition) is 2. The molecule has 0 fully saturated rings. The van der Waals surface area contributed by atoms with E-state index in [0.29, 0.717) is 11.7 Å². The van der Waals surface area contributed by atoms with Crippen molar-refractivity contribution in [1.82, 2.24) is 4.98 Å². The van der Waals surface area contributed by atoms with E-state index in [0.717, 1.165) is 16.8 Å². The van der Waals surface area contributed by atoms with E-state index < -0.39 is 6.43 Å². The minimum atomic E-state index is -2.45. The molecule has 0 unspecified atom stereocenters. The van der Waals surface area contributed by atoms with Crippen LogP contribution in [0.2, 0.25) is 5.15 Å². The van der Waals surface area contributed by atoms with Crippen LogP contribution < -0.4 is 5.32 Å². The first-order valence-corrected chi connectivity index (χ1v) is 6.17. The zero-order valence-corrected chi connectivity index (χ0v) is 11.1. The van der Waals surface area contributed by atoms with Gasteiger partial charge in [-0.15, -0.1) is 0 Å². The zero-order chi connectivity index (χ0) is 13.8. The number of anilines is 1. The fraction of sp³-hybridized carbons (Fsp3) is 0.214. The van der Waals surface area contributed by atoms with Gasteiger partial charge in [-0.25, -0.2) is 13.8 Å². The Bertz CT molecular complexity index is 553. The average molecular weight is 283 g/mol. The molecule has 1 heterocycles. The molecule has 0 bridgehead atoms. The van der Waals surface area contributed by atoms with E-state index in [2.05, 4.69) is 10.3 Å². The number of pyridine rings is 1. The van der Waals surface area contributed by atoms with Crippen LogP contribution in [0.4, 0.5) is 14.5 Å². The highest BCUT2D eigenvalue weighted by Gasteiger charge is 2.08. The Morgan fingerprint density at radius 3 is 2.79 bits per heavy atom. The van der Waals surface area contributed by atoms with E-state index in [4.69, 9.17) is 11.6 Å². The number of hydrogen-bond donors (Lipinski definition) is 1. The maximum atomic E-state index is 12.6. The number of aryl methyl sites for hydroxylation is 1. The maximum absolute atomic E-state index is 12.6. The molecule has 5 heteroatoms. The van der Waals surface area contributed by atoms with Gasteiger partial charge < -0.3 is 5.32 Å². The first-order chi connectivity index (χ1) is 9.08. The number of aromatic nitrogens is 1. The highest BCUT2D eigenvalue weighted by Crippen LogP contribution is 2.24. The summed E-state index contributed by atoms with van der Waals surface area (Å²) in [6.45, 7) is 2.33. The van der Waals surface area contributed by atoms with Crippen molar-refractivity contribution in [2.45, 2.75) is 19.9 Å². The topological polar surface area (TPSA) is 24.9 Å². The fourth-order valence-electron chi connectivity index (χ4n) is 1.77. The zero-order valence-electron chi connectivity index (χ0n) is 10.3. The number of benzene rings is 1. The summed E-state index contributed by atoms with van der Waals surface area (Å²) in [7, 11) is 0.